The molecule has 2 rings (SSSR count). The Kier molecular flexibility index (Phi) is 4.06. The Morgan fingerprint density at radius 3 is 2.85 bits per heavy atom. The number of fused-ring (bicyclic) bond motifs is 1. The molecular weight excluding hydrogens is 280 g/mol. The zero-order chi connectivity index (χ0) is 14.7. The summed E-state index contributed by atoms with van der Waals surface area (Å²) in [7, 11) is 1.47. The van der Waals surface area contributed by atoms with Gasteiger partial charge in [-0.15, -0.1) is 0 Å². The van der Waals surface area contributed by atoms with E-state index in [4.69, 9.17) is 26.3 Å². The van der Waals surface area contributed by atoms with Crippen molar-refractivity contribution < 1.29 is 14.3 Å². The van der Waals surface area contributed by atoms with Gasteiger partial charge in [-0.3, -0.25) is 4.98 Å². The summed E-state index contributed by atoms with van der Waals surface area (Å²) in [6.07, 6.45) is 1.36. The van der Waals surface area contributed by atoms with E-state index in [1.54, 1.807) is 19.1 Å². The summed E-state index contributed by atoms with van der Waals surface area (Å²) in [6, 6.07) is 5.17. The van der Waals surface area contributed by atoms with Crippen LogP contribution in [-0.2, 0) is 4.74 Å². The summed E-state index contributed by atoms with van der Waals surface area (Å²) >= 11 is 6.21. The van der Waals surface area contributed by atoms with E-state index in [1.807, 2.05) is 6.07 Å². The van der Waals surface area contributed by atoms with Gasteiger partial charge in [0.15, 0.2) is 0 Å². The number of halogens is 1. The molecule has 0 fully saturated rings. The van der Waals surface area contributed by atoms with Crippen LogP contribution < -0.4 is 4.74 Å². The predicted octanol–water partition coefficient (Wildman–Crippen LogP) is 2.95. The number of nitrogens with zero attached hydrogens (tertiary/aromatic N) is 2. The van der Waals surface area contributed by atoms with Crippen LogP contribution in [0.5, 0.6) is 5.75 Å². The lowest BCUT2D eigenvalue weighted by atomic mass is 10.1. The summed E-state index contributed by atoms with van der Waals surface area (Å²) < 4.78 is 10.0. The van der Waals surface area contributed by atoms with Crippen LogP contribution in [0.4, 0.5) is 0 Å². The van der Waals surface area contributed by atoms with Crippen molar-refractivity contribution >= 4 is 28.5 Å². The third-order valence-corrected chi connectivity index (χ3v) is 3.15. The molecule has 102 valence electrons. The van der Waals surface area contributed by atoms with Crippen LogP contribution in [0, 0.1) is 11.3 Å². The number of carbonyl (C=O) groups excluding carboxylic acids is 1. The molecule has 0 atom stereocenters. The Balaban J connectivity index is 2.67. The zero-order valence-electron chi connectivity index (χ0n) is 10.9. The number of esters is 1. The number of nitriles is 1. The first-order valence-corrected chi connectivity index (χ1v) is 6.23. The number of methoxy groups -OCH3 is 1. The van der Waals surface area contributed by atoms with Crippen molar-refractivity contribution in [2.75, 3.05) is 13.7 Å². The maximum Gasteiger partial charge on any atom is 0.341 e. The van der Waals surface area contributed by atoms with Crippen LogP contribution >= 0.6 is 11.6 Å². The van der Waals surface area contributed by atoms with Crippen LogP contribution in [0.3, 0.4) is 0 Å². The summed E-state index contributed by atoms with van der Waals surface area (Å²) in [5, 5.41) is 9.80. The SMILES string of the molecule is CCOC(=O)c1cnc2cc(OC)c(C#N)cc2c1Cl. The number of rotatable bonds is 3. The van der Waals surface area contributed by atoms with Crippen molar-refractivity contribution in [3.63, 3.8) is 0 Å². The van der Waals surface area contributed by atoms with Crippen molar-refractivity contribution in [3.05, 3.63) is 34.5 Å². The molecule has 0 aliphatic rings. The molecule has 1 heterocycles. The highest BCUT2D eigenvalue weighted by Crippen LogP contribution is 2.31. The Morgan fingerprint density at radius 2 is 2.25 bits per heavy atom. The van der Waals surface area contributed by atoms with Gasteiger partial charge in [-0.05, 0) is 13.0 Å². The van der Waals surface area contributed by atoms with Gasteiger partial charge in [-0.25, -0.2) is 4.79 Å². The van der Waals surface area contributed by atoms with Gasteiger partial charge in [0.2, 0.25) is 0 Å². The lowest BCUT2D eigenvalue weighted by Crippen LogP contribution is -2.06. The van der Waals surface area contributed by atoms with E-state index in [1.165, 1.54) is 13.3 Å². The molecule has 5 nitrogen and oxygen atoms in total. The van der Waals surface area contributed by atoms with Crippen LogP contribution in [0.15, 0.2) is 18.3 Å². The first-order valence-electron chi connectivity index (χ1n) is 5.85. The number of pyridine rings is 1. The lowest BCUT2D eigenvalue weighted by Gasteiger charge is -2.09. The number of benzene rings is 1. The highest BCUT2D eigenvalue weighted by atomic mass is 35.5. The number of ether oxygens (including phenoxy) is 2. The molecule has 0 spiro atoms. The Labute approximate surface area is 120 Å². The van der Waals surface area contributed by atoms with Crippen molar-refractivity contribution in [3.8, 4) is 11.8 Å². The maximum atomic E-state index is 11.8. The minimum Gasteiger partial charge on any atom is -0.495 e. The van der Waals surface area contributed by atoms with E-state index in [9.17, 15) is 4.79 Å². The monoisotopic (exact) mass is 290 g/mol. The standard InChI is InChI=1S/C14H11ClN2O3/c1-3-20-14(18)10-7-17-11-5-12(19-2)8(6-16)4-9(11)13(10)15/h4-5,7H,3H2,1-2H3. The van der Waals surface area contributed by atoms with Gasteiger partial charge in [0, 0.05) is 17.6 Å². The van der Waals surface area contributed by atoms with Crippen LogP contribution in [0.25, 0.3) is 10.9 Å². The Bertz CT molecular complexity index is 722. The molecule has 0 amide bonds. The van der Waals surface area contributed by atoms with E-state index >= 15 is 0 Å². The molecule has 1 aromatic carbocycles. The van der Waals surface area contributed by atoms with E-state index in [0.717, 1.165) is 0 Å². The lowest BCUT2D eigenvalue weighted by molar-refractivity contribution is 0.0526. The molecule has 0 aliphatic carbocycles. The third-order valence-electron chi connectivity index (χ3n) is 2.74. The Morgan fingerprint density at radius 1 is 1.50 bits per heavy atom. The minimum atomic E-state index is -0.541. The first kappa shape index (κ1) is 14.1. The largest absolute Gasteiger partial charge is 0.495 e. The third kappa shape index (κ3) is 2.38. The fourth-order valence-electron chi connectivity index (χ4n) is 1.79. The molecule has 1 aromatic heterocycles. The maximum absolute atomic E-state index is 11.8. The van der Waals surface area contributed by atoms with Gasteiger partial charge in [0.05, 0.1) is 35.4 Å². The molecule has 0 saturated heterocycles. The van der Waals surface area contributed by atoms with Crippen LogP contribution in [0.2, 0.25) is 5.02 Å². The van der Waals surface area contributed by atoms with Gasteiger partial charge in [-0.2, -0.15) is 5.26 Å². The average Bonchev–Trinajstić information content (AvgIpc) is 2.46. The summed E-state index contributed by atoms with van der Waals surface area (Å²) in [4.78, 5) is 15.9. The van der Waals surface area contributed by atoms with E-state index in [-0.39, 0.29) is 17.2 Å². The van der Waals surface area contributed by atoms with Crippen LogP contribution in [0.1, 0.15) is 22.8 Å². The van der Waals surface area contributed by atoms with E-state index in [0.29, 0.717) is 22.2 Å². The van der Waals surface area contributed by atoms with Gasteiger partial charge in [-0.1, -0.05) is 11.6 Å². The fourth-order valence-corrected chi connectivity index (χ4v) is 2.07. The number of aromatic nitrogens is 1. The number of hydrogen-bond acceptors (Lipinski definition) is 5. The second kappa shape index (κ2) is 5.76. The van der Waals surface area contributed by atoms with Crippen molar-refractivity contribution in [1.82, 2.24) is 4.98 Å². The molecule has 0 unspecified atom stereocenters. The molecule has 2 aromatic rings. The quantitative estimate of drug-likeness (QED) is 0.813. The molecule has 0 radical (unpaired) electrons. The minimum absolute atomic E-state index is 0.176. The predicted molar refractivity (Wildman–Crippen MR) is 74.0 cm³/mol. The summed E-state index contributed by atoms with van der Waals surface area (Å²) in [5.41, 5.74) is 1.04. The first-order chi connectivity index (χ1) is 9.62. The summed E-state index contributed by atoms with van der Waals surface area (Å²) in [6.45, 7) is 1.96. The number of hydrogen-bond donors (Lipinski definition) is 0. The van der Waals surface area contributed by atoms with Crippen molar-refractivity contribution in [2.24, 2.45) is 0 Å². The van der Waals surface area contributed by atoms with Gasteiger partial charge >= 0.3 is 5.97 Å². The van der Waals surface area contributed by atoms with Crippen LogP contribution in [-0.4, -0.2) is 24.7 Å². The molecule has 0 bridgehead atoms. The van der Waals surface area contributed by atoms with E-state index < -0.39 is 5.97 Å². The van der Waals surface area contributed by atoms with Gasteiger partial charge in [0.1, 0.15) is 11.8 Å². The molecule has 0 N–H and O–H groups in total. The molecular formula is C14H11ClN2O3. The Hall–Kier alpha value is -2.32. The molecule has 0 aliphatic heterocycles. The fraction of sp³-hybridized carbons (Fsp3) is 0.214. The normalized spacial score (nSPS) is 10.1. The topological polar surface area (TPSA) is 72.2 Å². The molecule has 6 heteroatoms. The van der Waals surface area contributed by atoms with Crippen molar-refractivity contribution in [1.29, 1.82) is 5.26 Å². The van der Waals surface area contributed by atoms with Crippen molar-refractivity contribution in [2.45, 2.75) is 6.92 Å². The second-order valence-electron chi connectivity index (χ2n) is 3.89. The highest BCUT2D eigenvalue weighted by Gasteiger charge is 2.17. The second-order valence-corrected chi connectivity index (χ2v) is 4.27. The highest BCUT2D eigenvalue weighted by molar-refractivity contribution is 6.38. The average molecular weight is 291 g/mol. The smallest absolute Gasteiger partial charge is 0.341 e. The zero-order valence-corrected chi connectivity index (χ0v) is 11.7. The molecule has 20 heavy (non-hydrogen) atoms. The van der Waals surface area contributed by atoms with Gasteiger partial charge < -0.3 is 9.47 Å². The van der Waals surface area contributed by atoms with Gasteiger partial charge in [0.25, 0.3) is 0 Å². The van der Waals surface area contributed by atoms with E-state index in [2.05, 4.69) is 4.98 Å². The summed E-state index contributed by atoms with van der Waals surface area (Å²) in [5.74, 6) is -0.131. The number of carbonyl (C=O) groups is 1. The molecule has 0 saturated carbocycles.